The van der Waals surface area contributed by atoms with Crippen LogP contribution in [0.15, 0.2) is 0 Å². The Balaban J connectivity index is 2.29. The molecule has 0 spiro atoms. The quantitative estimate of drug-likeness (QED) is 0.899. The van der Waals surface area contributed by atoms with E-state index in [2.05, 4.69) is 38.0 Å². The van der Waals surface area contributed by atoms with Crippen LogP contribution in [-0.2, 0) is 12.0 Å². The molecule has 0 bridgehead atoms. The summed E-state index contributed by atoms with van der Waals surface area (Å²) in [5.41, 5.74) is 1.37. The van der Waals surface area contributed by atoms with Crippen LogP contribution >= 0.6 is 11.3 Å². The molecule has 0 amide bonds. The number of likely N-dealkylation sites (N-methyl/N-ethyl adjacent to an activating group) is 1. The van der Waals surface area contributed by atoms with Crippen LogP contribution in [0, 0.1) is 6.92 Å². The maximum Gasteiger partial charge on any atom is 0.115 e. The zero-order chi connectivity index (χ0) is 13.9. The Hall–Kier alpha value is -0.450. The summed E-state index contributed by atoms with van der Waals surface area (Å²) in [6.45, 7) is 10.0. The third-order valence-corrected chi connectivity index (χ3v) is 5.25. The molecule has 2 heterocycles. The van der Waals surface area contributed by atoms with Crippen molar-refractivity contribution in [2.75, 3.05) is 26.7 Å². The summed E-state index contributed by atoms with van der Waals surface area (Å²) in [6, 6.07) is 0. The van der Waals surface area contributed by atoms with Crippen molar-refractivity contribution in [1.82, 2.24) is 15.2 Å². The van der Waals surface area contributed by atoms with E-state index >= 15 is 0 Å². The van der Waals surface area contributed by atoms with Gasteiger partial charge in [0.15, 0.2) is 0 Å². The van der Waals surface area contributed by atoms with Gasteiger partial charge in [-0.1, -0.05) is 13.8 Å². The number of aromatic nitrogens is 1. The molecule has 3 nitrogen and oxygen atoms in total. The molecule has 4 heteroatoms. The van der Waals surface area contributed by atoms with Gasteiger partial charge in [0.25, 0.3) is 0 Å². The van der Waals surface area contributed by atoms with Gasteiger partial charge in [0.1, 0.15) is 5.01 Å². The molecule has 1 saturated heterocycles. The molecule has 1 aromatic heterocycles. The highest BCUT2D eigenvalue weighted by molar-refractivity contribution is 7.11. The van der Waals surface area contributed by atoms with Gasteiger partial charge < -0.3 is 10.2 Å². The van der Waals surface area contributed by atoms with Gasteiger partial charge in [-0.3, -0.25) is 0 Å². The van der Waals surface area contributed by atoms with E-state index in [1.807, 2.05) is 11.3 Å². The standard InChI is InChI=1S/C15H27N3S/c1-5-9-16-15(8-7-10-18(4)11-15)14-17-13(6-2)12(3)19-14/h16H,5-11H2,1-4H3. The first-order valence-corrected chi connectivity index (χ1v) is 8.33. The van der Waals surface area contributed by atoms with E-state index in [9.17, 15) is 0 Å². The van der Waals surface area contributed by atoms with Crippen LogP contribution in [0.4, 0.5) is 0 Å². The fourth-order valence-corrected chi connectivity index (χ4v) is 4.18. The van der Waals surface area contributed by atoms with Crippen molar-refractivity contribution in [2.24, 2.45) is 0 Å². The average Bonchev–Trinajstić information content (AvgIpc) is 2.78. The van der Waals surface area contributed by atoms with Crippen LogP contribution in [0.25, 0.3) is 0 Å². The van der Waals surface area contributed by atoms with Gasteiger partial charge >= 0.3 is 0 Å². The number of thiazole rings is 1. The Kier molecular flexibility index (Phi) is 4.98. The van der Waals surface area contributed by atoms with Crippen molar-refractivity contribution in [3.05, 3.63) is 15.6 Å². The van der Waals surface area contributed by atoms with E-state index in [0.717, 1.165) is 19.5 Å². The fourth-order valence-electron chi connectivity index (χ4n) is 2.99. The molecule has 19 heavy (non-hydrogen) atoms. The summed E-state index contributed by atoms with van der Waals surface area (Å²) < 4.78 is 0. The van der Waals surface area contributed by atoms with Crippen LogP contribution in [0.2, 0.25) is 0 Å². The largest absolute Gasteiger partial charge is 0.304 e. The molecule has 1 N–H and O–H groups in total. The average molecular weight is 281 g/mol. The number of likely N-dealkylation sites (tertiary alicyclic amines) is 1. The summed E-state index contributed by atoms with van der Waals surface area (Å²) >= 11 is 1.90. The third-order valence-electron chi connectivity index (χ3n) is 4.03. The third kappa shape index (κ3) is 3.18. The Bertz CT molecular complexity index is 416. The minimum Gasteiger partial charge on any atom is -0.304 e. The summed E-state index contributed by atoms with van der Waals surface area (Å²) in [5, 5.41) is 5.11. The monoisotopic (exact) mass is 281 g/mol. The molecule has 1 fully saturated rings. The molecule has 1 aliphatic heterocycles. The van der Waals surface area contributed by atoms with Gasteiger partial charge in [0.05, 0.1) is 11.2 Å². The van der Waals surface area contributed by atoms with Gasteiger partial charge in [0, 0.05) is 11.4 Å². The lowest BCUT2D eigenvalue weighted by atomic mass is 9.89. The number of nitrogens with zero attached hydrogens (tertiary/aromatic N) is 2. The van der Waals surface area contributed by atoms with Gasteiger partial charge in [-0.15, -0.1) is 11.3 Å². The molecule has 1 aliphatic rings. The van der Waals surface area contributed by atoms with Crippen LogP contribution < -0.4 is 5.32 Å². The minimum atomic E-state index is 0.0891. The lowest BCUT2D eigenvalue weighted by Crippen LogP contribution is -2.53. The van der Waals surface area contributed by atoms with E-state index < -0.39 is 0 Å². The summed E-state index contributed by atoms with van der Waals surface area (Å²) in [6.07, 6.45) is 4.69. The van der Waals surface area contributed by atoms with E-state index in [0.29, 0.717) is 0 Å². The van der Waals surface area contributed by atoms with Crippen LogP contribution in [-0.4, -0.2) is 36.6 Å². The number of piperidine rings is 1. The highest BCUT2D eigenvalue weighted by Gasteiger charge is 2.38. The molecular formula is C15H27N3S. The number of hydrogen-bond acceptors (Lipinski definition) is 4. The van der Waals surface area contributed by atoms with E-state index in [1.54, 1.807) is 0 Å². The second-order valence-corrected chi connectivity index (χ2v) is 6.93. The SMILES string of the molecule is CCCNC1(c2nc(CC)c(C)s2)CCCN(C)C1. The minimum absolute atomic E-state index is 0.0891. The maximum atomic E-state index is 4.94. The maximum absolute atomic E-state index is 4.94. The Morgan fingerprint density at radius 3 is 2.79 bits per heavy atom. The zero-order valence-electron chi connectivity index (χ0n) is 12.8. The van der Waals surface area contributed by atoms with Gasteiger partial charge in [-0.2, -0.15) is 0 Å². The molecule has 0 radical (unpaired) electrons. The summed E-state index contributed by atoms with van der Waals surface area (Å²) in [4.78, 5) is 8.77. The van der Waals surface area contributed by atoms with Crippen LogP contribution in [0.1, 0.15) is 48.7 Å². The number of hydrogen-bond donors (Lipinski definition) is 1. The topological polar surface area (TPSA) is 28.2 Å². The Morgan fingerprint density at radius 2 is 2.21 bits per heavy atom. The van der Waals surface area contributed by atoms with Gasteiger partial charge in [-0.25, -0.2) is 4.98 Å². The molecule has 0 aliphatic carbocycles. The molecule has 2 rings (SSSR count). The second-order valence-electron chi connectivity index (χ2n) is 5.73. The smallest absolute Gasteiger partial charge is 0.115 e. The molecule has 1 unspecified atom stereocenters. The molecule has 0 saturated carbocycles. The first-order valence-electron chi connectivity index (χ1n) is 7.51. The zero-order valence-corrected chi connectivity index (χ0v) is 13.6. The highest BCUT2D eigenvalue weighted by Crippen LogP contribution is 2.35. The molecule has 108 valence electrons. The van der Waals surface area contributed by atoms with Gasteiger partial charge in [-0.05, 0) is 52.7 Å². The first-order chi connectivity index (χ1) is 9.11. The van der Waals surface area contributed by atoms with Crippen molar-refractivity contribution in [3.8, 4) is 0 Å². The predicted octanol–water partition coefficient (Wildman–Crippen LogP) is 2.93. The normalized spacial score (nSPS) is 24.8. The first kappa shape index (κ1) is 14.9. The number of rotatable bonds is 5. The van der Waals surface area contributed by atoms with Crippen molar-refractivity contribution in [2.45, 2.75) is 52.0 Å². The lowest BCUT2D eigenvalue weighted by Gasteiger charge is -2.41. The second kappa shape index (κ2) is 6.33. The molecule has 1 aromatic rings. The summed E-state index contributed by atoms with van der Waals surface area (Å²) in [7, 11) is 2.22. The summed E-state index contributed by atoms with van der Waals surface area (Å²) in [5.74, 6) is 0. The Labute approximate surface area is 121 Å². The van der Waals surface area contributed by atoms with Crippen molar-refractivity contribution in [1.29, 1.82) is 0 Å². The van der Waals surface area contributed by atoms with Crippen LogP contribution in [0.3, 0.4) is 0 Å². The van der Waals surface area contributed by atoms with E-state index in [4.69, 9.17) is 4.98 Å². The van der Waals surface area contributed by atoms with E-state index in [1.165, 1.54) is 41.4 Å². The van der Waals surface area contributed by atoms with E-state index in [-0.39, 0.29) is 5.54 Å². The highest BCUT2D eigenvalue weighted by atomic mass is 32.1. The molecular weight excluding hydrogens is 254 g/mol. The fraction of sp³-hybridized carbons (Fsp3) is 0.800. The van der Waals surface area contributed by atoms with Gasteiger partial charge in [0.2, 0.25) is 0 Å². The number of aryl methyl sites for hydroxylation is 2. The number of nitrogens with one attached hydrogen (secondary N) is 1. The van der Waals surface area contributed by atoms with Crippen molar-refractivity contribution in [3.63, 3.8) is 0 Å². The predicted molar refractivity (Wildman–Crippen MR) is 82.9 cm³/mol. The molecule has 0 aromatic carbocycles. The molecule has 1 atom stereocenters. The van der Waals surface area contributed by atoms with Crippen molar-refractivity contribution >= 4 is 11.3 Å². The van der Waals surface area contributed by atoms with Crippen LogP contribution in [0.5, 0.6) is 0 Å². The van der Waals surface area contributed by atoms with Crippen molar-refractivity contribution < 1.29 is 0 Å². The lowest BCUT2D eigenvalue weighted by molar-refractivity contribution is 0.143. The Morgan fingerprint density at radius 1 is 1.42 bits per heavy atom.